The fourth-order valence-electron chi connectivity index (χ4n) is 4.00. The molecule has 0 fully saturated rings. The summed E-state index contributed by atoms with van der Waals surface area (Å²) in [5, 5.41) is 12.1. The summed E-state index contributed by atoms with van der Waals surface area (Å²) in [6.07, 6.45) is 8.98. The Morgan fingerprint density at radius 2 is 1.84 bits per heavy atom. The number of benzene rings is 1. The molecule has 0 saturated carbocycles. The summed E-state index contributed by atoms with van der Waals surface area (Å²) in [6, 6.07) is 8.91. The van der Waals surface area contributed by atoms with E-state index >= 15 is 0 Å². The molecule has 2 aromatic rings. The lowest BCUT2D eigenvalue weighted by Crippen LogP contribution is -2.35. The standard InChI is InChI=1S/C23H36N8/c1-4-6-8-21-26-22(9-7-5-2)30(28-21)16-18-11-13-19(14-12-18)31-17(3)10-15-20(31)23(24)27-29-25/h11-15,17,23H,4-10,16,24H2,1-3H3,(H2,25,27). The molecule has 4 N–H and O–H groups in total. The van der Waals surface area contributed by atoms with E-state index in [1.807, 2.05) is 0 Å². The molecule has 1 aromatic carbocycles. The number of aromatic nitrogens is 3. The van der Waals surface area contributed by atoms with Gasteiger partial charge in [0.15, 0.2) is 12.0 Å². The van der Waals surface area contributed by atoms with Crippen LogP contribution in [-0.4, -0.2) is 27.0 Å². The second kappa shape index (κ2) is 11.0. The van der Waals surface area contributed by atoms with Gasteiger partial charge in [0.2, 0.25) is 0 Å². The third-order valence-corrected chi connectivity index (χ3v) is 5.73. The molecule has 3 rings (SSSR count). The van der Waals surface area contributed by atoms with Gasteiger partial charge in [-0.3, -0.25) is 0 Å². The van der Waals surface area contributed by atoms with E-state index in [-0.39, 0.29) is 0 Å². The van der Waals surface area contributed by atoms with E-state index in [0.29, 0.717) is 6.04 Å². The Labute approximate surface area is 185 Å². The van der Waals surface area contributed by atoms with Gasteiger partial charge in [0.05, 0.1) is 12.2 Å². The number of hydrogen-bond acceptors (Lipinski definition) is 6. The van der Waals surface area contributed by atoms with E-state index in [1.165, 1.54) is 5.56 Å². The fourth-order valence-corrected chi connectivity index (χ4v) is 4.00. The number of anilines is 1. The van der Waals surface area contributed by atoms with Crippen molar-refractivity contribution in [2.24, 2.45) is 21.9 Å². The third-order valence-electron chi connectivity index (χ3n) is 5.73. The highest BCUT2D eigenvalue weighted by molar-refractivity contribution is 5.57. The largest absolute Gasteiger partial charge is 0.339 e. The molecule has 0 bridgehead atoms. The number of hydrogen-bond donors (Lipinski definition) is 2. The van der Waals surface area contributed by atoms with Gasteiger partial charge in [0.25, 0.3) is 0 Å². The number of unbranched alkanes of at least 4 members (excludes halogenated alkanes) is 2. The molecule has 0 amide bonds. The predicted molar refractivity (Wildman–Crippen MR) is 124 cm³/mol. The van der Waals surface area contributed by atoms with Crippen LogP contribution in [0.5, 0.6) is 0 Å². The molecule has 2 unspecified atom stereocenters. The maximum atomic E-state index is 6.14. The highest BCUT2D eigenvalue weighted by Gasteiger charge is 2.27. The summed E-state index contributed by atoms with van der Waals surface area (Å²) >= 11 is 0. The van der Waals surface area contributed by atoms with Gasteiger partial charge in [-0.1, -0.05) is 50.1 Å². The second-order valence-corrected chi connectivity index (χ2v) is 8.23. The SMILES string of the molecule is CCCCc1nc(CCCC)n(Cc2ccc(N3C(C(N)/N=N\N)=CCC3C)cc2)n1. The molecule has 8 heteroatoms. The molecular weight excluding hydrogens is 388 g/mol. The van der Waals surface area contributed by atoms with Crippen LogP contribution in [-0.2, 0) is 19.4 Å². The van der Waals surface area contributed by atoms with Crippen molar-refractivity contribution in [2.45, 2.75) is 84.5 Å². The van der Waals surface area contributed by atoms with Gasteiger partial charge in [-0.25, -0.2) is 9.67 Å². The van der Waals surface area contributed by atoms with Crippen LogP contribution in [0.15, 0.2) is 46.4 Å². The second-order valence-electron chi connectivity index (χ2n) is 8.23. The highest BCUT2D eigenvalue weighted by atomic mass is 15.4. The molecule has 1 aliphatic rings. The maximum Gasteiger partial charge on any atom is 0.161 e. The van der Waals surface area contributed by atoms with Crippen molar-refractivity contribution in [3.05, 3.63) is 53.3 Å². The van der Waals surface area contributed by atoms with Crippen molar-refractivity contribution in [3.8, 4) is 0 Å². The maximum absolute atomic E-state index is 6.14. The zero-order chi connectivity index (χ0) is 22.2. The summed E-state index contributed by atoms with van der Waals surface area (Å²) in [7, 11) is 0. The topological polar surface area (TPSA) is 111 Å². The number of nitrogens with two attached hydrogens (primary N) is 2. The van der Waals surface area contributed by atoms with E-state index < -0.39 is 6.17 Å². The van der Waals surface area contributed by atoms with E-state index in [9.17, 15) is 0 Å². The quantitative estimate of drug-likeness (QED) is 0.320. The summed E-state index contributed by atoms with van der Waals surface area (Å²) in [4.78, 5) is 7.03. The minimum Gasteiger partial charge on any atom is -0.339 e. The van der Waals surface area contributed by atoms with Gasteiger partial charge < -0.3 is 16.5 Å². The van der Waals surface area contributed by atoms with Crippen LogP contribution < -0.4 is 16.5 Å². The van der Waals surface area contributed by atoms with Crippen molar-refractivity contribution in [2.75, 3.05) is 4.90 Å². The van der Waals surface area contributed by atoms with Gasteiger partial charge in [0, 0.05) is 24.6 Å². The zero-order valence-corrected chi connectivity index (χ0v) is 19.0. The molecule has 2 heterocycles. The van der Waals surface area contributed by atoms with Crippen LogP contribution in [0.4, 0.5) is 5.69 Å². The van der Waals surface area contributed by atoms with Crippen LogP contribution >= 0.6 is 0 Å². The Balaban J connectivity index is 1.76. The van der Waals surface area contributed by atoms with Crippen LogP contribution in [0.25, 0.3) is 0 Å². The Morgan fingerprint density at radius 1 is 1.13 bits per heavy atom. The molecule has 168 valence electrons. The van der Waals surface area contributed by atoms with Crippen molar-refractivity contribution in [1.82, 2.24) is 14.8 Å². The van der Waals surface area contributed by atoms with Crippen LogP contribution in [0.3, 0.4) is 0 Å². The summed E-state index contributed by atoms with van der Waals surface area (Å²) in [6.45, 7) is 7.32. The monoisotopic (exact) mass is 424 g/mol. The zero-order valence-electron chi connectivity index (χ0n) is 19.0. The Bertz CT molecular complexity index is 883. The van der Waals surface area contributed by atoms with Gasteiger partial charge in [-0.05, 0) is 43.9 Å². The molecule has 1 aliphatic heterocycles. The average Bonchev–Trinajstić information content (AvgIpc) is 3.34. The highest BCUT2D eigenvalue weighted by Crippen LogP contribution is 2.31. The first-order chi connectivity index (χ1) is 15.1. The molecule has 0 aliphatic carbocycles. The molecule has 2 atom stereocenters. The van der Waals surface area contributed by atoms with Crippen LogP contribution in [0, 0.1) is 0 Å². The smallest absolute Gasteiger partial charge is 0.161 e. The Morgan fingerprint density at radius 3 is 2.52 bits per heavy atom. The minimum absolute atomic E-state index is 0.317. The van der Waals surface area contributed by atoms with Crippen molar-refractivity contribution in [3.63, 3.8) is 0 Å². The van der Waals surface area contributed by atoms with Crippen LogP contribution in [0.1, 0.15) is 70.1 Å². The summed E-state index contributed by atoms with van der Waals surface area (Å²) in [5.74, 6) is 7.26. The molecule has 8 nitrogen and oxygen atoms in total. The van der Waals surface area contributed by atoms with Gasteiger partial charge in [-0.2, -0.15) is 5.10 Å². The Kier molecular flexibility index (Phi) is 8.17. The third kappa shape index (κ3) is 5.70. The molecule has 0 spiro atoms. The van der Waals surface area contributed by atoms with Gasteiger partial charge >= 0.3 is 0 Å². The van der Waals surface area contributed by atoms with Gasteiger partial charge in [0.1, 0.15) is 5.82 Å². The first-order valence-electron chi connectivity index (χ1n) is 11.4. The Hall–Kier alpha value is -2.74. The lowest BCUT2D eigenvalue weighted by atomic mass is 10.1. The van der Waals surface area contributed by atoms with Crippen molar-refractivity contribution < 1.29 is 0 Å². The van der Waals surface area contributed by atoms with E-state index in [2.05, 4.69) is 71.0 Å². The first kappa shape index (κ1) is 22.9. The first-order valence-corrected chi connectivity index (χ1v) is 11.4. The van der Waals surface area contributed by atoms with Crippen molar-refractivity contribution >= 4 is 5.69 Å². The van der Waals surface area contributed by atoms with Gasteiger partial charge in [-0.15, -0.1) is 5.11 Å². The van der Waals surface area contributed by atoms with E-state index in [0.717, 1.165) is 74.5 Å². The number of aryl methyl sites for hydroxylation is 2. The van der Waals surface area contributed by atoms with E-state index in [1.54, 1.807) is 0 Å². The molecule has 31 heavy (non-hydrogen) atoms. The predicted octanol–water partition coefficient (Wildman–Crippen LogP) is 4.10. The van der Waals surface area contributed by atoms with Crippen LogP contribution in [0.2, 0.25) is 0 Å². The minimum atomic E-state index is -0.549. The molecular formula is C23H36N8. The molecule has 0 saturated heterocycles. The fraction of sp³-hybridized carbons (Fsp3) is 0.565. The normalized spacial score (nSPS) is 17.5. The summed E-state index contributed by atoms with van der Waals surface area (Å²) < 4.78 is 2.08. The number of rotatable bonds is 11. The lowest BCUT2D eigenvalue weighted by Gasteiger charge is -2.29. The summed E-state index contributed by atoms with van der Waals surface area (Å²) in [5.41, 5.74) is 9.37. The van der Waals surface area contributed by atoms with E-state index in [4.69, 9.17) is 21.7 Å². The molecule has 1 aromatic heterocycles. The average molecular weight is 425 g/mol. The lowest BCUT2D eigenvalue weighted by molar-refractivity contribution is 0.611. The molecule has 0 radical (unpaired) electrons. The van der Waals surface area contributed by atoms with Crippen molar-refractivity contribution in [1.29, 1.82) is 0 Å². The number of nitrogens with zero attached hydrogens (tertiary/aromatic N) is 6.